The smallest absolute Gasteiger partial charge is 0.243 e. The third kappa shape index (κ3) is 6.32. The van der Waals surface area contributed by atoms with Gasteiger partial charge in [-0.1, -0.05) is 54.6 Å². The van der Waals surface area contributed by atoms with Crippen LogP contribution < -0.4 is 30.6 Å². The van der Waals surface area contributed by atoms with Crippen LogP contribution in [0.25, 0.3) is 0 Å². The van der Waals surface area contributed by atoms with Crippen molar-refractivity contribution in [3.05, 3.63) is 113 Å². The zero-order valence-corrected chi connectivity index (χ0v) is 22.0. The van der Waals surface area contributed by atoms with Gasteiger partial charge in [0.1, 0.15) is 17.6 Å². The summed E-state index contributed by atoms with van der Waals surface area (Å²) in [5.74, 6) is 1.09. The van der Waals surface area contributed by atoms with Crippen LogP contribution in [0.15, 0.2) is 91.1 Å². The van der Waals surface area contributed by atoms with Crippen LogP contribution >= 0.6 is 0 Å². The molecule has 2 unspecified atom stereocenters. The Hall–Kier alpha value is -5.05. The molecule has 2 heterocycles. The van der Waals surface area contributed by atoms with Crippen molar-refractivity contribution >= 4 is 17.6 Å². The number of pyridine rings is 1. The molecule has 40 heavy (non-hydrogen) atoms. The van der Waals surface area contributed by atoms with Crippen LogP contribution in [-0.2, 0) is 22.6 Å². The van der Waals surface area contributed by atoms with Crippen LogP contribution in [0.4, 0.5) is 5.82 Å². The predicted molar refractivity (Wildman–Crippen MR) is 150 cm³/mol. The normalized spacial score (nSPS) is 13.2. The van der Waals surface area contributed by atoms with E-state index >= 15 is 0 Å². The summed E-state index contributed by atoms with van der Waals surface area (Å²) in [6.07, 6.45) is 1.84. The van der Waals surface area contributed by atoms with E-state index in [9.17, 15) is 9.59 Å². The third-order valence-electron chi connectivity index (χ3n) is 6.67. The number of methoxy groups -OCH3 is 1. The quantitative estimate of drug-likeness (QED) is 0.282. The summed E-state index contributed by atoms with van der Waals surface area (Å²) in [4.78, 5) is 31.5. The molecule has 4 aromatic rings. The highest BCUT2D eigenvalue weighted by atomic mass is 16.7. The summed E-state index contributed by atoms with van der Waals surface area (Å²) >= 11 is 0. The van der Waals surface area contributed by atoms with Crippen molar-refractivity contribution in [1.29, 1.82) is 0 Å². The van der Waals surface area contributed by atoms with E-state index in [1.807, 2.05) is 72.8 Å². The van der Waals surface area contributed by atoms with Crippen molar-refractivity contribution in [2.75, 3.05) is 19.6 Å². The minimum atomic E-state index is -0.864. The molecule has 4 N–H and O–H groups in total. The molecule has 0 saturated heterocycles. The number of nitrogen functional groups attached to an aromatic ring is 1. The van der Waals surface area contributed by atoms with Crippen LogP contribution in [0.2, 0.25) is 0 Å². The average molecular weight is 539 g/mol. The van der Waals surface area contributed by atoms with Crippen molar-refractivity contribution in [3.8, 4) is 17.2 Å². The highest BCUT2D eigenvalue weighted by molar-refractivity contribution is 5.92. The molecular formula is C31H30N4O5. The fourth-order valence-electron chi connectivity index (χ4n) is 4.56. The number of fused-ring (bicyclic) bond motifs is 1. The SMILES string of the molecule is COc1ccc(C(C(=O)NC(Cc2ccc(N)nc2)C(=O)NCc2ccc3c(c2)OCO3)c2ccccc2)cc1. The molecule has 0 bridgehead atoms. The van der Waals surface area contributed by atoms with Crippen LogP contribution in [0, 0.1) is 0 Å². The number of rotatable bonds is 10. The number of benzene rings is 3. The van der Waals surface area contributed by atoms with E-state index in [4.69, 9.17) is 19.9 Å². The highest BCUT2D eigenvalue weighted by Gasteiger charge is 2.28. The Morgan fingerprint density at radius 1 is 0.900 bits per heavy atom. The molecule has 0 spiro atoms. The number of hydrogen-bond acceptors (Lipinski definition) is 7. The molecule has 3 aromatic carbocycles. The number of ether oxygens (including phenoxy) is 3. The summed E-state index contributed by atoms with van der Waals surface area (Å²) in [6, 6.07) is 24.9. The van der Waals surface area contributed by atoms with Crippen LogP contribution in [0.3, 0.4) is 0 Å². The van der Waals surface area contributed by atoms with E-state index in [2.05, 4.69) is 15.6 Å². The first-order chi connectivity index (χ1) is 19.5. The molecule has 2 amide bonds. The first-order valence-electron chi connectivity index (χ1n) is 12.9. The first kappa shape index (κ1) is 26.6. The van der Waals surface area contributed by atoms with Gasteiger partial charge in [-0.3, -0.25) is 9.59 Å². The molecule has 204 valence electrons. The van der Waals surface area contributed by atoms with Crippen LogP contribution in [0.1, 0.15) is 28.2 Å². The second-order valence-corrected chi connectivity index (χ2v) is 9.38. The standard InChI is InChI=1S/C31H30N4O5/c1-38-24-11-9-23(10-12-24)29(22-5-3-2-4-6-22)31(37)35-25(15-20-8-14-28(32)33-17-20)30(36)34-18-21-7-13-26-27(16-21)40-19-39-26/h2-14,16-17,25,29H,15,18-19H2,1H3,(H2,32,33)(H,34,36)(H,35,37). The van der Waals surface area contributed by atoms with Crippen molar-refractivity contribution in [3.63, 3.8) is 0 Å². The summed E-state index contributed by atoms with van der Waals surface area (Å²) in [6.45, 7) is 0.425. The van der Waals surface area contributed by atoms with Gasteiger partial charge in [0.15, 0.2) is 11.5 Å². The highest BCUT2D eigenvalue weighted by Crippen LogP contribution is 2.32. The van der Waals surface area contributed by atoms with Gasteiger partial charge in [-0.25, -0.2) is 4.98 Å². The Bertz CT molecular complexity index is 1460. The fraction of sp³-hybridized carbons (Fsp3) is 0.194. The molecule has 0 fully saturated rings. The minimum absolute atomic E-state index is 0.172. The summed E-state index contributed by atoms with van der Waals surface area (Å²) in [5.41, 5.74) is 8.94. The van der Waals surface area contributed by atoms with Crippen LogP contribution in [0.5, 0.6) is 17.2 Å². The van der Waals surface area contributed by atoms with Gasteiger partial charge in [0.25, 0.3) is 0 Å². The maximum absolute atomic E-state index is 13.9. The van der Waals surface area contributed by atoms with E-state index < -0.39 is 12.0 Å². The minimum Gasteiger partial charge on any atom is -0.497 e. The number of amides is 2. The molecule has 1 aromatic heterocycles. The zero-order valence-electron chi connectivity index (χ0n) is 22.0. The Labute approximate surface area is 232 Å². The Morgan fingerprint density at radius 3 is 2.35 bits per heavy atom. The van der Waals surface area contributed by atoms with Gasteiger partial charge >= 0.3 is 0 Å². The van der Waals surface area contributed by atoms with E-state index in [0.717, 1.165) is 22.3 Å². The molecule has 1 aliphatic heterocycles. The topological polar surface area (TPSA) is 125 Å². The number of nitrogens with one attached hydrogen (secondary N) is 2. The second kappa shape index (κ2) is 12.2. The van der Waals surface area contributed by atoms with Crippen LogP contribution in [-0.4, -0.2) is 36.7 Å². The third-order valence-corrected chi connectivity index (χ3v) is 6.67. The molecular weight excluding hydrogens is 508 g/mol. The molecule has 0 aliphatic carbocycles. The number of carbonyl (C=O) groups excluding carboxylic acids is 2. The van der Waals surface area contributed by atoms with Gasteiger partial charge in [0, 0.05) is 19.2 Å². The lowest BCUT2D eigenvalue weighted by atomic mass is 9.90. The lowest BCUT2D eigenvalue weighted by Gasteiger charge is -2.23. The number of nitrogens with two attached hydrogens (primary N) is 1. The molecule has 5 rings (SSSR count). The average Bonchev–Trinajstić information content (AvgIpc) is 3.46. The van der Waals surface area contributed by atoms with Gasteiger partial charge in [-0.15, -0.1) is 0 Å². The lowest BCUT2D eigenvalue weighted by Crippen LogP contribution is -2.49. The van der Waals surface area contributed by atoms with Crippen molar-refractivity contribution in [1.82, 2.24) is 15.6 Å². The number of carbonyl (C=O) groups is 2. The van der Waals surface area contributed by atoms with Crippen molar-refractivity contribution in [2.24, 2.45) is 0 Å². The Balaban J connectivity index is 1.38. The maximum Gasteiger partial charge on any atom is 0.243 e. The summed E-state index contributed by atoms with van der Waals surface area (Å²) in [7, 11) is 1.59. The molecule has 0 saturated carbocycles. The maximum atomic E-state index is 13.9. The van der Waals surface area contributed by atoms with E-state index in [1.165, 1.54) is 0 Å². The summed E-state index contributed by atoms with van der Waals surface area (Å²) < 4.78 is 16.1. The number of nitrogens with zero attached hydrogens (tertiary/aromatic N) is 1. The fourth-order valence-corrected chi connectivity index (χ4v) is 4.56. The number of aromatic nitrogens is 1. The van der Waals surface area contributed by atoms with E-state index in [1.54, 1.807) is 25.4 Å². The predicted octanol–water partition coefficient (Wildman–Crippen LogP) is 3.58. The molecule has 2 atom stereocenters. The van der Waals surface area contributed by atoms with E-state index in [0.29, 0.717) is 23.1 Å². The number of anilines is 1. The molecule has 1 aliphatic rings. The van der Waals surface area contributed by atoms with Gasteiger partial charge in [0.2, 0.25) is 18.6 Å². The number of hydrogen-bond donors (Lipinski definition) is 3. The summed E-state index contributed by atoms with van der Waals surface area (Å²) in [5, 5.41) is 5.95. The van der Waals surface area contributed by atoms with Gasteiger partial charge in [0.05, 0.1) is 13.0 Å². The lowest BCUT2D eigenvalue weighted by molar-refractivity contribution is -0.129. The van der Waals surface area contributed by atoms with Gasteiger partial charge in [-0.05, 0) is 52.6 Å². The monoisotopic (exact) mass is 538 g/mol. The zero-order chi connectivity index (χ0) is 27.9. The van der Waals surface area contributed by atoms with E-state index in [-0.39, 0.29) is 31.6 Å². The van der Waals surface area contributed by atoms with Crippen molar-refractivity contribution < 1.29 is 23.8 Å². The van der Waals surface area contributed by atoms with Gasteiger partial charge < -0.3 is 30.6 Å². The Morgan fingerprint density at radius 2 is 1.62 bits per heavy atom. The molecule has 0 radical (unpaired) electrons. The van der Waals surface area contributed by atoms with Crippen molar-refractivity contribution in [2.45, 2.75) is 24.9 Å². The second-order valence-electron chi connectivity index (χ2n) is 9.38. The molecule has 9 heteroatoms. The first-order valence-corrected chi connectivity index (χ1v) is 12.9. The van der Waals surface area contributed by atoms with Gasteiger partial charge in [-0.2, -0.15) is 0 Å². The largest absolute Gasteiger partial charge is 0.497 e. The molecule has 9 nitrogen and oxygen atoms in total. The Kier molecular flexibility index (Phi) is 8.10.